The molecule has 2 aromatic rings. The van der Waals surface area contributed by atoms with Crippen LogP contribution in [0.3, 0.4) is 0 Å². The van der Waals surface area contributed by atoms with Crippen LogP contribution < -0.4 is 10.6 Å². The van der Waals surface area contributed by atoms with Gasteiger partial charge in [0.15, 0.2) is 0 Å². The van der Waals surface area contributed by atoms with Gasteiger partial charge < -0.3 is 20.8 Å². The molecule has 10 heteroatoms. The number of aliphatic hydroxyl groups is 2. The molecular weight excluding hydrogens is 530 g/mol. The molecule has 0 spiro atoms. The summed E-state index contributed by atoms with van der Waals surface area (Å²) in [5.74, 6) is -1.81. The van der Waals surface area contributed by atoms with Crippen LogP contribution >= 0.6 is 0 Å². The normalized spacial score (nSPS) is 17.4. The predicted molar refractivity (Wildman–Crippen MR) is 154 cm³/mol. The molecule has 1 saturated heterocycles. The van der Waals surface area contributed by atoms with Crippen molar-refractivity contribution in [3.8, 4) is 0 Å². The van der Waals surface area contributed by atoms with E-state index in [-0.39, 0.29) is 34.6 Å². The molecule has 4 N–H and O–H groups in total. The summed E-state index contributed by atoms with van der Waals surface area (Å²) in [6, 6.07) is 14.0. The summed E-state index contributed by atoms with van der Waals surface area (Å²) in [4.78, 5) is 26.3. The molecule has 0 aliphatic carbocycles. The second-order valence-corrected chi connectivity index (χ2v) is 13.2. The van der Waals surface area contributed by atoms with Gasteiger partial charge in [-0.1, -0.05) is 58.0 Å². The molecule has 40 heavy (non-hydrogen) atoms. The highest BCUT2D eigenvalue weighted by Crippen LogP contribution is 2.23. The summed E-state index contributed by atoms with van der Waals surface area (Å²) in [7, 11) is -3.62. The molecule has 4 atom stereocenters. The smallest absolute Gasteiger partial charge is 0.251 e. The van der Waals surface area contributed by atoms with Gasteiger partial charge in [0.05, 0.1) is 23.0 Å². The molecule has 0 unspecified atom stereocenters. The summed E-state index contributed by atoms with van der Waals surface area (Å²) in [5, 5.41) is 28.2. The Morgan fingerprint density at radius 2 is 1.50 bits per heavy atom. The van der Waals surface area contributed by atoms with Gasteiger partial charge in [-0.3, -0.25) is 9.59 Å². The molecule has 0 radical (unpaired) electrons. The van der Waals surface area contributed by atoms with Gasteiger partial charge in [-0.05, 0) is 60.9 Å². The van der Waals surface area contributed by atoms with Gasteiger partial charge in [-0.2, -0.15) is 4.31 Å². The van der Waals surface area contributed by atoms with Crippen molar-refractivity contribution in [3.63, 3.8) is 0 Å². The zero-order valence-electron chi connectivity index (χ0n) is 23.8. The van der Waals surface area contributed by atoms with E-state index in [0.717, 1.165) is 18.4 Å². The number of hydrogen-bond donors (Lipinski definition) is 4. The summed E-state index contributed by atoms with van der Waals surface area (Å²) in [6.07, 6.45) is -1.02. The average molecular weight is 574 g/mol. The second kappa shape index (κ2) is 14.2. The van der Waals surface area contributed by atoms with E-state index >= 15 is 0 Å². The lowest BCUT2D eigenvalue weighted by Crippen LogP contribution is -2.55. The molecule has 2 amide bonds. The second-order valence-electron chi connectivity index (χ2n) is 11.3. The van der Waals surface area contributed by atoms with E-state index in [0.29, 0.717) is 19.6 Å². The standard InChI is InChI=1S/C30H43N3O6S/c1-20(2)19-31-30(37)26(21(3)4)28(35)27(34)25(18-22-10-6-5-7-11-22)32-29(36)23-12-14-24(15-13-23)40(38,39)33-16-8-9-17-33/h5-7,10-15,20-21,25-28,34-35H,8-9,16-19H2,1-4H3,(H,31,37)(H,32,36)/t25-,26+,27+,28+/m0/s1. The lowest BCUT2D eigenvalue weighted by atomic mass is 9.83. The van der Waals surface area contributed by atoms with E-state index < -0.39 is 40.1 Å². The maximum Gasteiger partial charge on any atom is 0.251 e. The minimum atomic E-state index is -3.62. The highest BCUT2D eigenvalue weighted by atomic mass is 32.2. The zero-order valence-corrected chi connectivity index (χ0v) is 24.6. The van der Waals surface area contributed by atoms with Gasteiger partial charge in [0, 0.05) is 25.2 Å². The van der Waals surface area contributed by atoms with Gasteiger partial charge in [0.1, 0.15) is 6.10 Å². The van der Waals surface area contributed by atoms with Crippen LogP contribution in [0.4, 0.5) is 0 Å². The van der Waals surface area contributed by atoms with Crippen molar-refractivity contribution >= 4 is 21.8 Å². The number of sulfonamides is 1. The first kappa shape index (κ1) is 31.7. The number of carbonyl (C=O) groups is 2. The minimum Gasteiger partial charge on any atom is -0.390 e. The Kier molecular flexibility index (Phi) is 11.3. The number of hydrogen-bond acceptors (Lipinski definition) is 6. The molecule has 0 aromatic heterocycles. The van der Waals surface area contributed by atoms with Crippen LogP contribution in [0.5, 0.6) is 0 Å². The SMILES string of the molecule is CC(C)CNC(=O)[C@H](C(C)C)[C@@H](O)[C@H](O)[C@H](Cc1ccccc1)NC(=O)c1ccc(S(=O)(=O)N2CCCC2)cc1. The number of benzene rings is 2. The summed E-state index contributed by atoms with van der Waals surface area (Å²) >= 11 is 0. The number of carbonyl (C=O) groups excluding carboxylic acids is 2. The lowest BCUT2D eigenvalue weighted by Gasteiger charge is -2.33. The fraction of sp³-hybridized carbons (Fsp3) is 0.533. The molecule has 1 aliphatic heterocycles. The molecule has 220 valence electrons. The molecule has 3 rings (SSSR count). The van der Waals surface area contributed by atoms with Crippen LogP contribution in [0.1, 0.15) is 56.5 Å². The summed E-state index contributed by atoms with van der Waals surface area (Å²) in [5.41, 5.74) is 1.05. The molecule has 1 fully saturated rings. The maximum atomic E-state index is 13.3. The Balaban J connectivity index is 1.81. The van der Waals surface area contributed by atoms with Crippen LogP contribution in [-0.4, -0.2) is 72.6 Å². The van der Waals surface area contributed by atoms with Crippen molar-refractivity contribution in [1.82, 2.24) is 14.9 Å². The average Bonchev–Trinajstić information content (AvgIpc) is 3.48. The number of nitrogens with zero attached hydrogens (tertiary/aromatic N) is 1. The van der Waals surface area contributed by atoms with Crippen LogP contribution in [0, 0.1) is 17.8 Å². The number of amides is 2. The largest absolute Gasteiger partial charge is 0.390 e. The topological polar surface area (TPSA) is 136 Å². The van der Waals surface area contributed by atoms with Crippen LogP contribution in [0.25, 0.3) is 0 Å². The Morgan fingerprint density at radius 1 is 0.900 bits per heavy atom. The highest BCUT2D eigenvalue weighted by Gasteiger charge is 2.38. The van der Waals surface area contributed by atoms with Gasteiger partial charge in [0.25, 0.3) is 5.91 Å². The van der Waals surface area contributed by atoms with Crippen LogP contribution in [-0.2, 0) is 21.2 Å². The van der Waals surface area contributed by atoms with Gasteiger partial charge in [0.2, 0.25) is 15.9 Å². The monoisotopic (exact) mass is 573 g/mol. The molecule has 2 aromatic carbocycles. The third-order valence-corrected chi connectivity index (χ3v) is 9.18. The Morgan fingerprint density at radius 3 is 2.05 bits per heavy atom. The van der Waals surface area contributed by atoms with Crippen LogP contribution in [0.2, 0.25) is 0 Å². The van der Waals surface area contributed by atoms with Crippen LogP contribution in [0.15, 0.2) is 59.5 Å². The zero-order chi connectivity index (χ0) is 29.4. The molecule has 0 saturated carbocycles. The lowest BCUT2D eigenvalue weighted by molar-refractivity contribution is -0.135. The summed E-state index contributed by atoms with van der Waals surface area (Å²) < 4.78 is 27.1. The van der Waals surface area contributed by atoms with Crippen molar-refractivity contribution in [1.29, 1.82) is 0 Å². The fourth-order valence-corrected chi connectivity index (χ4v) is 6.48. The minimum absolute atomic E-state index is 0.120. The third-order valence-electron chi connectivity index (χ3n) is 7.27. The van der Waals surface area contributed by atoms with Crippen molar-refractivity contribution in [3.05, 3.63) is 65.7 Å². The maximum absolute atomic E-state index is 13.3. The highest BCUT2D eigenvalue weighted by molar-refractivity contribution is 7.89. The van der Waals surface area contributed by atoms with E-state index in [1.165, 1.54) is 28.6 Å². The molecule has 1 heterocycles. The molecule has 0 bridgehead atoms. The van der Waals surface area contributed by atoms with Gasteiger partial charge >= 0.3 is 0 Å². The predicted octanol–water partition coefficient (Wildman–Crippen LogP) is 2.58. The van der Waals surface area contributed by atoms with E-state index in [9.17, 15) is 28.2 Å². The quantitative estimate of drug-likeness (QED) is 0.291. The molecular formula is C30H43N3O6S. The van der Waals surface area contributed by atoms with Crippen molar-refractivity contribution in [2.45, 2.75) is 70.1 Å². The third kappa shape index (κ3) is 8.13. The van der Waals surface area contributed by atoms with Crippen molar-refractivity contribution in [2.75, 3.05) is 19.6 Å². The Hall–Kier alpha value is -2.79. The van der Waals surface area contributed by atoms with E-state index in [1.54, 1.807) is 13.8 Å². The van der Waals surface area contributed by atoms with Crippen molar-refractivity contribution < 1.29 is 28.2 Å². The van der Waals surface area contributed by atoms with E-state index in [4.69, 9.17) is 0 Å². The first-order chi connectivity index (χ1) is 18.9. The number of nitrogens with one attached hydrogen (secondary N) is 2. The number of rotatable bonds is 13. The molecule has 1 aliphatic rings. The Labute approximate surface area is 238 Å². The fourth-order valence-electron chi connectivity index (χ4n) is 4.96. The van der Waals surface area contributed by atoms with Gasteiger partial charge in [-0.25, -0.2) is 8.42 Å². The van der Waals surface area contributed by atoms with Gasteiger partial charge in [-0.15, -0.1) is 0 Å². The van der Waals surface area contributed by atoms with E-state index in [1.807, 2.05) is 44.2 Å². The van der Waals surface area contributed by atoms with Crippen molar-refractivity contribution in [2.24, 2.45) is 17.8 Å². The number of aliphatic hydroxyl groups excluding tert-OH is 2. The first-order valence-corrected chi connectivity index (χ1v) is 15.4. The summed E-state index contributed by atoms with van der Waals surface area (Å²) in [6.45, 7) is 8.96. The van der Waals surface area contributed by atoms with E-state index in [2.05, 4.69) is 10.6 Å². The molecule has 9 nitrogen and oxygen atoms in total. The Bertz CT molecular complexity index is 1210. The first-order valence-electron chi connectivity index (χ1n) is 14.0.